The van der Waals surface area contributed by atoms with Gasteiger partial charge in [0.1, 0.15) is 0 Å². The predicted molar refractivity (Wildman–Crippen MR) is 46.2 cm³/mol. The Morgan fingerprint density at radius 1 is 1.70 bits per heavy atom. The maximum Gasteiger partial charge on any atom is 0.0351 e. The van der Waals surface area contributed by atoms with E-state index in [1.54, 1.807) is 12.4 Å². The summed E-state index contributed by atoms with van der Waals surface area (Å²) in [4.78, 5) is 4.95. The molecule has 0 aliphatic rings. The van der Waals surface area contributed by atoms with Crippen molar-refractivity contribution in [2.75, 3.05) is 0 Å². The lowest BCUT2D eigenvalue weighted by Crippen LogP contribution is -1.93. The van der Waals surface area contributed by atoms with Gasteiger partial charge in [-0.1, -0.05) is 25.2 Å². The minimum Gasteiger partial charge on any atom is -0.264 e. The summed E-state index contributed by atoms with van der Waals surface area (Å²) in [5.41, 5.74) is 1.07. The van der Waals surface area contributed by atoms with E-state index < -0.39 is 0 Å². The molecule has 1 aromatic rings. The molecule has 0 radical (unpaired) electrons. The summed E-state index contributed by atoms with van der Waals surface area (Å²) in [7, 11) is 0. The molecule has 1 nitrogen and oxygen atoms in total. The topological polar surface area (TPSA) is 12.9 Å². The molecule has 52 valence electrons. The third kappa shape index (κ3) is 1.61. The lowest BCUT2D eigenvalue weighted by atomic mass is 10.2. The summed E-state index contributed by atoms with van der Waals surface area (Å²) >= 11 is 5.08. The molecule has 0 saturated carbocycles. The molecule has 0 aliphatic carbocycles. The Morgan fingerprint density at radius 3 is 3.00 bits per heavy atom. The molecule has 0 unspecified atom stereocenters. The highest BCUT2D eigenvalue weighted by molar-refractivity contribution is 7.80. The zero-order valence-electron chi connectivity index (χ0n) is 5.87. The van der Waals surface area contributed by atoms with E-state index in [9.17, 15) is 0 Å². The van der Waals surface area contributed by atoms with Crippen LogP contribution in [0.4, 0.5) is 0 Å². The van der Waals surface area contributed by atoms with Crippen molar-refractivity contribution in [3.63, 3.8) is 0 Å². The van der Waals surface area contributed by atoms with E-state index in [-0.39, 0.29) is 0 Å². The van der Waals surface area contributed by atoms with E-state index in [2.05, 4.69) is 11.9 Å². The van der Waals surface area contributed by atoms with Crippen LogP contribution in [0.5, 0.6) is 0 Å². The van der Waals surface area contributed by atoms with Gasteiger partial charge in [0.15, 0.2) is 0 Å². The van der Waals surface area contributed by atoms with Crippen molar-refractivity contribution in [1.82, 2.24) is 4.98 Å². The van der Waals surface area contributed by atoms with Crippen molar-refractivity contribution in [2.24, 2.45) is 0 Å². The Morgan fingerprint density at radius 2 is 2.50 bits per heavy atom. The van der Waals surface area contributed by atoms with E-state index in [1.807, 2.05) is 12.1 Å². The van der Waals surface area contributed by atoms with Gasteiger partial charge in [-0.3, -0.25) is 4.98 Å². The van der Waals surface area contributed by atoms with Gasteiger partial charge in [-0.05, 0) is 12.5 Å². The van der Waals surface area contributed by atoms with E-state index in [0.29, 0.717) is 0 Å². The van der Waals surface area contributed by atoms with Crippen molar-refractivity contribution in [3.05, 3.63) is 30.1 Å². The lowest BCUT2D eigenvalue weighted by molar-refractivity contribution is 1.27. The van der Waals surface area contributed by atoms with E-state index >= 15 is 0 Å². The normalized spacial score (nSPS) is 9.30. The average molecular weight is 151 g/mol. The van der Waals surface area contributed by atoms with E-state index in [4.69, 9.17) is 12.2 Å². The van der Waals surface area contributed by atoms with Crippen LogP contribution in [-0.4, -0.2) is 9.85 Å². The SMILES string of the molecule is CCC(=S)c1cccnc1. The van der Waals surface area contributed by atoms with Crippen LogP contribution in [0.25, 0.3) is 0 Å². The fourth-order valence-corrected chi connectivity index (χ4v) is 0.853. The summed E-state index contributed by atoms with van der Waals surface area (Å²) in [6.45, 7) is 2.05. The molecule has 1 aromatic heterocycles. The molecule has 0 saturated heterocycles. The Balaban J connectivity index is 2.85. The first kappa shape index (κ1) is 7.35. The third-order valence-corrected chi connectivity index (χ3v) is 1.83. The second kappa shape index (κ2) is 3.42. The third-order valence-electron chi connectivity index (χ3n) is 1.30. The van der Waals surface area contributed by atoms with Gasteiger partial charge >= 0.3 is 0 Å². The Labute approximate surface area is 66.1 Å². The fourth-order valence-electron chi connectivity index (χ4n) is 0.732. The number of pyridine rings is 1. The first-order valence-corrected chi connectivity index (χ1v) is 3.68. The van der Waals surface area contributed by atoms with Crippen molar-refractivity contribution in [3.8, 4) is 0 Å². The van der Waals surface area contributed by atoms with Gasteiger partial charge in [-0.25, -0.2) is 0 Å². The minimum atomic E-state index is 0.918. The highest BCUT2D eigenvalue weighted by atomic mass is 32.1. The molecule has 1 heterocycles. The average Bonchev–Trinajstić information content (AvgIpc) is 2.05. The highest BCUT2D eigenvalue weighted by Gasteiger charge is 1.94. The second-order valence-electron chi connectivity index (χ2n) is 2.02. The first-order valence-electron chi connectivity index (χ1n) is 3.28. The highest BCUT2D eigenvalue weighted by Crippen LogP contribution is 2.01. The number of hydrogen-bond donors (Lipinski definition) is 0. The van der Waals surface area contributed by atoms with Crippen molar-refractivity contribution >= 4 is 17.1 Å². The fraction of sp³-hybridized carbons (Fsp3) is 0.250. The van der Waals surface area contributed by atoms with E-state index in [0.717, 1.165) is 16.8 Å². The molecule has 0 N–H and O–H groups in total. The summed E-state index contributed by atoms with van der Waals surface area (Å²) in [6.07, 6.45) is 4.47. The molecule has 0 fully saturated rings. The molecule has 0 bridgehead atoms. The lowest BCUT2D eigenvalue weighted by Gasteiger charge is -1.96. The maximum atomic E-state index is 5.08. The molecule has 0 aliphatic heterocycles. The smallest absolute Gasteiger partial charge is 0.0351 e. The Bertz CT molecular complexity index is 218. The molecular weight excluding hydrogens is 142 g/mol. The van der Waals surface area contributed by atoms with Gasteiger partial charge in [0.2, 0.25) is 0 Å². The minimum absolute atomic E-state index is 0.918. The van der Waals surface area contributed by atoms with Gasteiger partial charge < -0.3 is 0 Å². The van der Waals surface area contributed by atoms with Crippen molar-refractivity contribution in [1.29, 1.82) is 0 Å². The molecule has 0 atom stereocenters. The number of rotatable bonds is 2. The molecule has 0 aromatic carbocycles. The second-order valence-corrected chi connectivity index (χ2v) is 2.51. The summed E-state index contributed by atoms with van der Waals surface area (Å²) in [5.74, 6) is 0. The quantitative estimate of drug-likeness (QED) is 0.475. The van der Waals surface area contributed by atoms with Crippen LogP contribution in [0, 0.1) is 0 Å². The summed E-state index contributed by atoms with van der Waals surface area (Å²) < 4.78 is 0. The molecule has 2 heteroatoms. The largest absolute Gasteiger partial charge is 0.264 e. The zero-order chi connectivity index (χ0) is 7.40. The van der Waals surface area contributed by atoms with Gasteiger partial charge in [0.05, 0.1) is 0 Å². The number of hydrogen-bond acceptors (Lipinski definition) is 2. The van der Waals surface area contributed by atoms with Crippen molar-refractivity contribution < 1.29 is 0 Å². The van der Waals surface area contributed by atoms with E-state index in [1.165, 1.54) is 0 Å². The Kier molecular flexibility index (Phi) is 2.51. The summed E-state index contributed by atoms with van der Waals surface area (Å²) in [6, 6.07) is 3.89. The molecule has 1 rings (SSSR count). The van der Waals surface area contributed by atoms with Gasteiger partial charge in [-0.15, -0.1) is 0 Å². The van der Waals surface area contributed by atoms with Crippen LogP contribution in [0.3, 0.4) is 0 Å². The monoisotopic (exact) mass is 151 g/mol. The van der Waals surface area contributed by atoms with Crippen LogP contribution in [0.1, 0.15) is 18.9 Å². The predicted octanol–water partition coefficient (Wildman–Crippen LogP) is 2.21. The van der Waals surface area contributed by atoms with Gasteiger partial charge in [0, 0.05) is 22.8 Å². The Hall–Kier alpha value is -0.760. The van der Waals surface area contributed by atoms with Gasteiger partial charge in [0.25, 0.3) is 0 Å². The molecule has 0 spiro atoms. The maximum absolute atomic E-state index is 5.08. The number of thiocarbonyl (C=S) groups is 1. The standard InChI is InChI=1S/C8H9NS/c1-2-8(10)7-4-3-5-9-6-7/h3-6H,2H2,1H3. The number of nitrogens with zero attached hydrogens (tertiary/aromatic N) is 1. The molecule has 0 amide bonds. The van der Waals surface area contributed by atoms with Crippen LogP contribution in [-0.2, 0) is 0 Å². The molecule has 10 heavy (non-hydrogen) atoms. The van der Waals surface area contributed by atoms with Gasteiger partial charge in [-0.2, -0.15) is 0 Å². The van der Waals surface area contributed by atoms with Crippen molar-refractivity contribution in [2.45, 2.75) is 13.3 Å². The summed E-state index contributed by atoms with van der Waals surface area (Å²) in [5, 5.41) is 0. The first-order chi connectivity index (χ1) is 4.84. The molecular formula is C8H9NS. The van der Waals surface area contributed by atoms with Crippen LogP contribution in [0.2, 0.25) is 0 Å². The van der Waals surface area contributed by atoms with Crippen LogP contribution in [0.15, 0.2) is 24.5 Å². The zero-order valence-corrected chi connectivity index (χ0v) is 6.69. The number of aromatic nitrogens is 1. The van der Waals surface area contributed by atoms with Crippen LogP contribution >= 0.6 is 12.2 Å². The van der Waals surface area contributed by atoms with Crippen LogP contribution < -0.4 is 0 Å².